The SMILES string of the molecule is CCC(C)(Pc1ccc(C)cc1/C=N/c1ccccc1)c1cc(OC)ccc1O. The minimum atomic E-state index is -0.205. The lowest BCUT2D eigenvalue weighted by Gasteiger charge is -2.31. The molecule has 3 aromatic carbocycles. The van der Waals surface area contributed by atoms with Crippen LogP contribution in [0.25, 0.3) is 0 Å². The van der Waals surface area contributed by atoms with E-state index >= 15 is 0 Å². The highest BCUT2D eigenvalue weighted by Crippen LogP contribution is 2.48. The van der Waals surface area contributed by atoms with Crippen LogP contribution in [0, 0.1) is 6.92 Å². The zero-order valence-electron chi connectivity index (χ0n) is 17.4. The van der Waals surface area contributed by atoms with E-state index in [4.69, 9.17) is 4.74 Å². The Morgan fingerprint density at radius 2 is 1.83 bits per heavy atom. The molecule has 29 heavy (non-hydrogen) atoms. The smallest absolute Gasteiger partial charge is 0.119 e. The number of hydrogen-bond donors (Lipinski definition) is 1. The lowest BCUT2D eigenvalue weighted by atomic mass is 9.96. The summed E-state index contributed by atoms with van der Waals surface area (Å²) in [5, 5.41) is 11.6. The number of hydrogen-bond acceptors (Lipinski definition) is 3. The van der Waals surface area contributed by atoms with E-state index in [0.717, 1.165) is 29.0 Å². The van der Waals surface area contributed by atoms with Crippen molar-refractivity contribution in [2.24, 2.45) is 4.99 Å². The molecule has 0 saturated carbocycles. The largest absolute Gasteiger partial charge is 0.508 e. The van der Waals surface area contributed by atoms with Crippen LogP contribution >= 0.6 is 8.58 Å². The quantitative estimate of drug-likeness (QED) is 0.382. The highest BCUT2D eigenvalue weighted by molar-refractivity contribution is 7.48. The third-order valence-electron chi connectivity index (χ3n) is 5.23. The molecule has 0 radical (unpaired) electrons. The molecule has 2 atom stereocenters. The summed E-state index contributed by atoms with van der Waals surface area (Å²) in [5.41, 5.74) is 4.18. The van der Waals surface area contributed by atoms with E-state index in [1.807, 2.05) is 42.6 Å². The molecule has 3 nitrogen and oxygen atoms in total. The Morgan fingerprint density at radius 3 is 2.52 bits per heavy atom. The van der Waals surface area contributed by atoms with Crippen molar-refractivity contribution < 1.29 is 9.84 Å². The number of phenols is 1. The van der Waals surface area contributed by atoms with Gasteiger partial charge in [0.15, 0.2) is 0 Å². The average Bonchev–Trinajstić information content (AvgIpc) is 2.75. The first-order chi connectivity index (χ1) is 13.9. The van der Waals surface area contributed by atoms with E-state index in [0.29, 0.717) is 14.3 Å². The summed E-state index contributed by atoms with van der Waals surface area (Å²) in [7, 11) is 2.13. The number of methoxy groups -OCH3 is 1. The fourth-order valence-electron chi connectivity index (χ4n) is 3.29. The van der Waals surface area contributed by atoms with Crippen molar-refractivity contribution in [3.63, 3.8) is 0 Å². The summed E-state index contributed by atoms with van der Waals surface area (Å²) in [6.45, 7) is 6.47. The number of para-hydroxylation sites is 1. The minimum Gasteiger partial charge on any atom is -0.508 e. The Morgan fingerprint density at radius 1 is 1.07 bits per heavy atom. The third-order valence-corrected chi connectivity index (χ3v) is 7.13. The van der Waals surface area contributed by atoms with Crippen LogP contribution in [0.3, 0.4) is 0 Å². The van der Waals surface area contributed by atoms with Crippen molar-refractivity contribution in [1.29, 1.82) is 0 Å². The van der Waals surface area contributed by atoms with Crippen molar-refractivity contribution in [1.82, 2.24) is 0 Å². The summed E-state index contributed by atoms with van der Waals surface area (Å²) in [6, 6.07) is 21.9. The number of nitrogens with zero attached hydrogens (tertiary/aromatic N) is 1. The first-order valence-corrected chi connectivity index (χ1v) is 10.8. The standard InChI is InChI=1S/C25H28NO2P/c1-5-25(3,22-16-21(28-4)12-13-23(22)27)29-24-14-11-18(2)15-19(24)17-26-20-9-7-6-8-10-20/h6-17,27,29H,5H2,1-4H3/b26-17+. The second-order valence-electron chi connectivity index (χ2n) is 7.38. The molecule has 0 aliphatic rings. The van der Waals surface area contributed by atoms with Crippen LogP contribution < -0.4 is 10.0 Å². The van der Waals surface area contributed by atoms with Crippen molar-refractivity contribution in [3.05, 3.63) is 83.4 Å². The van der Waals surface area contributed by atoms with Crippen LogP contribution in [-0.2, 0) is 5.16 Å². The van der Waals surface area contributed by atoms with Crippen LogP contribution in [0.1, 0.15) is 37.0 Å². The molecule has 0 aliphatic heterocycles. The molecule has 3 aromatic rings. The molecule has 3 rings (SSSR count). The molecule has 0 fully saturated rings. The van der Waals surface area contributed by atoms with E-state index in [1.165, 1.54) is 10.9 Å². The zero-order valence-corrected chi connectivity index (χ0v) is 18.4. The highest BCUT2D eigenvalue weighted by Gasteiger charge is 2.29. The topological polar surface area (TPSA) is 41.8 Å². The van der Waals surface area contributed by atoms with E-state index in [1.54, 1.807) is 19.2 Å². The predicted molar refractivity (Wildman–Crippen MR) is 125 cm³/mol. The molecule has 0 saturated heterocycles. The molecule has 0 spiro atoms. The maximum Gasteiger partial charge on any atom is 0.119 e. The van der Waals surface area contributed by atoms with Gasteiger partial charge in [0, 0.05) is 22.5 Å². The molecule has 1 N–H and O–H groups in total. The number of aryl methyl sites for hydroxylation is 1. The van der Waals surface area contributed by atoms with Gasteiger partial charge in [-0.1, -0.05) is 58.3 Å². The predicted octanol–water partition coefficient (Wildman–Crippen LogP) is 6.09. The van der Waals surface area contributed by atoms with Gasteiger partial charge in [0.05, 0.1) is 12.8 Å². The molecule has 150 valence electrons. The molecule has 0 heterocycles. The van der Waals surface area contributed by atoms with Gasteiger partial charge in [0.25, 0.3) is 0 Å². The Bertz CT molecular complexity index is 1000. The number of aromatic hydroxyl groups is 1. The monoisotopic (exact) mass is 405 g/mol. The lowest BCUT2D eigenvalue weighted by molar-refractivity contribution is 0.408. The van der Waals surface area contributed by atoms with Crippen molar-refractivity contribution in [2.75, 3.05) is 7.11 Å². The highest BCUT2D eigenvalue weighted by atomic mass is 31.1. The van der Waals surface area contributed by atoms with E-state index in [-0.39, 0.29) is 5.16 Å². The van der Waals surface area contributed by atoms with Crippen LogP contribution in [0.2, 0.25) is 0 Å². The maximum atomic E-state index is 10.6. The second kappa shape index (κ2) is 9.24. The fraction of sp³-hybridized carbons (Fsp3) is 0.240. The summed E-state index contributed by atoms with van der Waals surface area (Å²) < 4.78 is 5.40. The van der Waals surface area contributed by atoms with Crippen LogP contribution in [0.4, 0.5) is 5.69 Å². The maximum absolute atomic E-state index is 10.6. The molecule has 0 amide bonds. The van der Waals surface area contributed by atoms with Crippen molar-refractivity contribution in [3.8, 4) is 11.5 Å². The lowest BCUT2D eigenvalue weighted by Crippen LogP contribution is -2.20. The summed E-state index contributed by atoms with van der Waals surface area (Å²) in [5.74, 6) is 1.08. The Balaban J connectivity index is 1.99. The zero-order chi connectivity index (χ0) is 20.9. The van der Waals surface area contributed by atoms with Gasteiger partial charge in [-0.3, -0.25) is 4.99 Å². The summed E-state index contributed by atoms with van der Waals surface area (Å²) in [4.78, 5) is 4.66. The molecule has 0 aliphatic carbocycles. The normalized spacial score (nSPS) is 13.8. The second-order valence-corrected chi connectivity index (χ2v) is 9.27. The first-order valence-electron chi connectivity index (χ1n) is 9.80. The number of benzene rings is 3. The minimum absolute atomic E-state index is 0.205. The van der Waals surface area contributed by atoms with Gasteiger partial charge in [-0.05, 0) is 55.0 Å². The Kier molecular flexibility index (Phi) is 6.71. The van der Waals surface area contributed by atoms with Crippen molar-refractivity contribution in [2.45, 2.75) is 32.3 Å². The van der Waals surface area contributed by atoms with Crippen LogP contribution in [0.5, 0.6) is 11.5 Å². The van der Waals surface area contributed by atoms with Crippen LogP contribution in [-0.4, -0.2) is 18.4 Å². The molecular weight excluding hydrogens is 377 g/mol. The molecule has 0 bridgehead atoms. The number of rotatable bonds is 7. The van der Waals surface area contributed by atoms with E-state index in [2.05, 4.69) is 44.0 Å². The van der Waals surface area contributed by atoms with Gasteiger partial charge in [-0.15, -0.1) is 0 Å². The van der Waals surface area contributed by atoms with Gasteiger partial charge in [0.1, 0.15) is 11.5 Å². The van der Waals surface area contributed by atoms with E-state index < -0.39 is 0 Å². The van der Waals surface area contributed by atoms with Gasteiger partial charge in [-0.25, -0.2) is 0 Å². The Labute approximate surface area is 175 Å². The van der Waals surface area contributed by atoms with Crippen LogP contribution in [0.15, 0.2) is 71.7 Å². The fourth-order valence-corrected chi connectivity index (χ4v) is 4.84. The van der Waals surface area contributed by atoms with Gasteiger partial charge in [-0.2, -0.15) is 0 Å². The average molecular weight is 405 g/mol. The van der Waals surface area contributed by atoms with Crippen molar-refractivity contribution >= 4 is 25.8 Å². The van der Waals surface area contributed by atoms with Gasteiger partial charge < -0.3 is 9.84 Å². The number of phenolic OH excluding ortho intramolecular Hbond substituents is 1. The molecule has 0 aromatic heterocycles. The van der Waals surface area contributed by atoms with E-state index in [9.17, 15) is 5.11 Å². The first kappa shape index (κ1) is 21.1. The summed E-state index contributed by atoms with van der Waals surface area (Å²) in [6.07, 6.45) is 2.85. The third kappa shape index (κ3) is 5.05. The number of ether oxygens (including phenoxy) is 1. The Hall–Kier alpha value is -2.64. The molecular formula is C25H28NO2P. The van der Waals surface area contributed by atoms with Gasteiger partial charge in [0.2, 0.25) is 0 Å². The van der Waals surface area contributed by atoms with Gasteiger partial charge >= 0.3 is 0 Å². The molecule has 2 unspecified atom stereocenters. The number of aliphatic imine (C=N–C) groups is 1. The summed E-state index contributed by atoms with van der Waals surface area (Å²) >= 11 is 0. The molecule has 4 heteroatoms.